The van der Waals surface area contributed by atoms with E-state index in [1.807, 2.05) is 24.3 Å². The molecular weight excluding hydrogens is 406 g/mol. The Balaban J connectivity index is 1.90. The van der Waals surface area contributed by atoms with E-state index in [0.717, 1.165) is 47.3 Å². The molecule has 2 heterocycles. The van der Waals surface area contributed by atoms with Crippen molar-refractivity contribution in [1.29, 1.82) is 0 Å². The molecule has 0 radical (unpaired) electrons. The van der Waals surface area contributed by atoms with Crippen LogP contribution >= 0.6 is 23.1 Å². The third-order valence-corrected chi connectivity index (χ3v) is 7.27. The monoisotopic (exact) mass is 429 g/mol. The predicted octanol–water partition coefficient (Wildman–Crippen LogP) is 3.56. The van der Waals surface area contributed by atoms with E-state index in [1.54, 1.807) is 30.1 Å². The molecule has 29 heavy (non-hydrogen) atoms. The summed E-state index contributed by atoms with van der Waals surface area (Å²) in [7, 11) is 3.21. The van der Waals surface area contributed by atoms with Crippen molar-refractivity contribution in [1.82, 2.24) is 14.9 Å². The summed E-state index contributed by atoms with van der Waals surface area (Å²) in [6, 6.07) is 7.35. The fourth-order valence-electron chi connectivity index (χ4n) is 3.62. The minimum atomic E-state index is -0.104. The van der Waals surface area contributed by atoms with Crippen LogP contribution in [0.4, 0.5) is 0 Å². The Kier molecular flexibility index (Phi) is 5.91. The highest BCUT2D eigenvalue weighted by atomic mass is 32.2. The van der Waals surface area contributed by atoms with Crippen molar-refractivity contribution in [3.8, 4) is 11.4 Å². The minimum absolute atomic E-state index is 0.0565. The largest absolute Gasteiger partial charge is 0.497 e. The van der Waals surface area contributed by atoms with Crippen molar-refractivity contribution in [2.45, 2.75) is 37.3 Å². The number of nitrogens with zero attached hydrogens (tertiary/aromatic N) is 2. The topological polar surface area (TPSA) is 73.2 Å². The quantitative estimate of drug-likeness (QED) is 0.381. The molecule has 0 bridgehead atoms. The number of rotatable bonds is 5. The lowest BCUT2D eigenvalue weighted by Crippen LogP contribution is -2.24. The van der Waals surface area contributed by atoms with E-state index in [0.29, 0.717) is 5.16 Å². The lowest BCUT2D eigenvalue weighted by molar-refractivity contribution is -0.118. The molecule has 0 unspecified atom stereocenters. The fraction of sp³-hybridized carbons (Fsp3) is 0.381. The van der Waals surface area contributed by atoms with Gasteiger partial charge in [0.25, 0.3) is 5.56 Å². The average molecular weight is 430 g/mol. The number of ether oxygens (including phenoxy) is 1. The van der Waals surface area contributed by atoms with Crippen LogP contribution in [0.15, 0.2) is 34.2 Å². The highest BCUT2D eigenvalue weighted by molar-refractivity contribution is 7.99. The first-order chi connectivity index (χ1) is 14.1. The van der Waals surface area contributed by atoms with Gasteiger partial charge in [0.05, 0.1) is 23.9 Å². The van der Waals surface area contributed by atoms with Crippen LogP contribution in [0.1, 0.15) is 29.7 Å². The number of thioether (sulfide) groups is 1. The molecule has 3 aromatic rings. The van der Waals surface area contributed by atoms with Gasteiger partial charge in [-0.1, -0.05) is 18.2 Å². The second-order valence-corrected chi connectivity index (χ2v) is 8.97. The lowest BCUT2D eigenvalue weighted by atomic mass is 10.1. The zero-order valence-corrected chi connectivity index (χ0v) is 18.1. The first kappa shape index (κ1) is 20.0. The number of thiophene rings is 1. The van der Waals surface area contributed by atoms with Gasteiger partial charge in [0.2, 0.25) is 5.91 Å². The number of methoxy groups -OCH3 is 1. The first-order valence-corrected chi connectivity index (χ1v) is 11.5. The van der Waals surface area contributed by atoms with Gasteiger partial charge in [-0.3, -0.25) is 14.2 Å². The number of carbonyl (C=O) groups excluding carboxylic acids is 1. The van der Waals surface area contributed by atoms with Gasteiger partial charge in [-0.2, -0.15) is 0 Å². The maximum Gasteiger partial charge on any atom is 0.267 e. The molecule has 0 fully saturated rings. The van der Waals surface area contributed by atoms with Gasteiger partial charge >= 0.3 is 0 Å². The Bertz CT molecular complexity index is 1100. The summed E-state index contributed by atoms with van der Waals surface area (Å²) in [6.45, 7) is 0. The molecule has 0 saturated heterocycles. The predicted molar refractivity (Wildman–Crippen MR) is 118 cm³/mol. The van der Waals surface area contributed by atoms with Crippen molar-refractivity contribution in [2.24, 2.45) is 0 Å². The van der Waals surface area contributed by atoms with E-state index in [4.69, 9.17) is 9.72 Å². The van der Waals surface area contributed by atoms with Gasteiger partial charge in [-0.15, -0.1) is 11.3 Å². The zero-order chi connectivity index (χ0) is 20.4. The number of aromatic nitrogens is 2. The highest BCUT2D eigenvalue weighted by Crippen LogP contribution is 2.34. The summed E-state index contributed by atoms with van der Waals surface area (Å²) in [5.74, 6) is 0.822. The summed E-state index contributed by atoms with van der Waals surface area (Å²) in [5.41, 5.74) is 1.84. The van der Waals surface area contributed by atoms with E-state index in [-0.39, 0.29) is 17.2 Å². The minimum Gasteiger partial charge on any atom is -0.497 e. The van der Waals surface area contributed by atoms with E-state index in [9.17, 15) is 9.59 Å². The Morgan fingerprint density at radius 2 is 2.00 bits per heavy atom. The highest BCUT2D eigenvalue weighted by Gasteiger charge is 2.22. The fourth-order valence-corrected chi connectivity index (χ4v) is 5.81. The number of carbonyl (C=O) groups is 1. The number of hydrogen-bond donors (Lipinski definition) is 1. The number of benzene rings is 1. The smallest absolute Gasteiger partial charge is 0.267 e. The second kappa shape index (κ2) is 8.59. The summed E-state index contributed by atoms with van der Waals surface area (Å²) < 4.78 is 6.88. The van der Waals surface area contributed by atoms with Crippen LogP contribution in [-0.4, -0.2) is 35.4 Å². The number of aryl methyl sites for hydroxylation is 2. The summed E-state index contributed by atoms with van der Waals surface area (Å²) in [4.78, 5) is 32.4. The third-order valence-electron chi connectivity index (χ3n) is 5.15. The number of amides is 1. The molecule has 1 amide bonds. The van der Waals surface area contributed by atoms with Crippen LogP contribution in [0.25, 0.3) is 15.9 Å². The van der Waals surface area contributed by atoms with Gasteiger partial charge in [-0.25, -0.2) is 4.98 Å². The molecule has 0 atom stereocenters. The van der Waals surface area contributed by atoms with Crippen molar-refractivity contribution >= 4 is 39.2 Å². The van der Waals surface area contributed by atoms with Crippen LogP contribution in [0.3, 0.4) is 0 Å². The molecule has 0 aliphatic heterocycles. The Morgan fingerprint density at radius 1 is 1.24 bits per heavy atom. The molecule has 4 rings (SSSR count). The van der Waals surface area contributed by atoms with Gasteiger partial charge in [-0.05, 0) is 55.5 Å². The molecular formula is C21H23N3O3S2. The van der Waals surface area contributed by atoms with E-state index in [2.05, 4.69) is 5.32 Å². The molecule has 6 nitrogen and oxygen atoms in total. The lowest BCUT2D eigenvalue weighted by Gasteiger charge is -2.13. The van der Waals surface area contributed by atoms with Gasteiger partial charge < -0.3 is 10.1 Å². The molecule has 1 N–H and O–H groups in total. The second-order valence-electron chi connectivity index (χ2n) is 6.94. The van der Waals surface area contributed by atoms with Crippen LogP contribution in [0.2, 0.25) is 0 Å². The van der Waals surface area contributed by atoms with Crippen molar-refractivity contribution in [3.05, 3.63) is 45.1 Å². The van der Waals surface area contributed by atoms with E-state index >= 15 is 0 Å². The molecule has 1 aliphatic rings. The summed E-state index contributed by atoms with van der Waals surface area (Å²) >= 11 is 2.91. The third kappa shape index (κ3) is 3.91. The van der Waals surface area contributed by atoms with Crippen molar-refractivity contribution in [3.63, 3.8) is 0 Å². The van der Waals surface area contributed by atoms with Crippen LogP contribution in [0.5, 0.6) is 5.75 Å². The molecule has 0 spiro atoms. The van der Waals surface area contributed by atoms with Crippen LogP contribution in [-0.2, 0) is 17.6 Å². The summed E-state index contributed by atoms with van der Waals surface area (Å²) in [6.07, 6.45) is 5.40. The number of fused-ring (bicyclic) bond motifs is 3. The normalized spacial score (nSPS) is 13.7. The van der Waals surface area contributed by atoms with Gasteiger partial charge in [0.1, 0.15) is 10.6 Å². The van der Waals surface area contributed by atoms with E-state index < -0.39 is 0 Å². The van der Waals surface area contributed by atoms with Crippen LogP contribution in [0, 0.1) is 0 Å². The first-order valence-electron chi connectivity index (χ1n) is 9.67. The van der Waals surface area contributed by atoms with E-state index in [1.165, 1.54) is 28.6 Å². The van der Waals surface area contributed by atoms with Gasteiger partial charge in [0, 0.05) is 11.9 Å². The van der Waals surface area contributed by atoms with Crippen molar-refractivity contribution in [2.75, 3.05) is 19.9 Å². The standard InChI is InChI=1S/C21H23N3O3S2/c1-22-17(25)12-28-21-23-19-18(15-6-4-3-5-7-16(15)29-19)20(26)24(21)13-8-10-14(27-2)11-9-13/h8-11H,3-7,12H2,1-2H3,(H,22,25). The van der Waals surface area contributed by atoms with Gasteiger partial charge in [0.15, 0.2) is 5.16 Å². The molecule has 1 aliphatic carbocycles. The zero-order valence-electron chi connectivity index (χ0n) is 16.5. The number of hydrogen-bond acceptors (Lipinski definition) is 6. The Hall–Kier alpha value is -2.32. The molecule has 8 heteroatoms. The van der Waals surface area contributed by atoms with Crippen molar-refractivity contribution < 1.29 is 9.53 Å². The molecule has 1 aromatic carbocycles. The Morgan fingerprint density at radius 3 is 2.72 bits per heavy atom. The van der Waals surface area contributed by atoms with Crippen LogP contribution < -0.4 is 15.6 Å². The SMILES string of the molecule is CNC(=O)CSc1nc2sc3c(c2c(=O)n1-c1ccc(OC)cc1)CCCCC3. The average Bonchev–Trinajstić information content (AvgIpc) is 2.93. The molecule has 2 aromatic heterocycles. The summed E-state index contributed by atoms with van der Waals surface area (Å²) in [5, 5.41) is 3.90. The molecule has 152 valence electrons. The molecule has 0 saturated carbocycles. The Labute approximate surface area is 177 Å². The maximum atomic E-state index is 13.6. The maximum absolute atomic E-state index is 13.6. The number of nitrogens with one attached hydrogen (secondary N) is 1.